The minimum atomic E-state index is -0.907. The fourth-order valence-corrected chi connectivity index (χ4v) is 2.95. The first-order valence-electron chi connectivity index (χ1n) is 7.05. The molecule has 5 nitrogen and oxygen atoms in total. The number of carbonyl (C=O) groups excluding carboxylic acids is 1. The molecule has 1 saturated carbocycles. The zero-order valence-corrected chi connectivity index (χ0v) is 12.0. The lowest BCUT2D eigenvalue weighted by atomic mass is 9.78. The van der Waals surface area contributed by atoms with Crippen LogP contribution < -0.4 is 4.90 Å². The quantitative estimate of drug-likeness (QED) is 0.925. The summed E-state index contributed by atoms with van der Waals surface area (Å²) >= 11 is 0. The van der Waals surface area contributed by atoms with Crippen LogP contribution in [-0.2, 0) is 9.59 Å². The predicted octanol–water partition coefficient (Wildman–Crippen LogP) is 2.41. The summed E-state index contributed by atoms with van der Waals surface area (Å²) in [5.41, 5.74) is 0.941. The zero-order valence-electron chi connectivity index (χ0n) is 12.0. The van der Waals surface area contributed by atoms with Crippen molar-refractivity contribution in [3.8, 4) is 6.07 Å². The van der Waals surface area contributed by atoms with Crippen molar-refractivity contribution >= 4 is 17.6 Å². The van der Waals surface area contributed by atoms with Gasteiger partial charge in [0.1, 0.15) is 6.07 Å². The molecule has 1 aliphatic carbocycles. The summed E-state index contributed by atoms with van der Waals surface area (Å²) in [5.74, 6) is -2.25. The van der Waals surface area contributed by atoms with Crippen molar-refractivity contribution in [2.24, 2.45) is 11.8 Å². The van der Waals surface area contributed by atoms with Crippen LogP contribution in [0.3, 0.4) is 0 Å². The summed E-state index contributed by atoms with van der Waals surface area (Å²) in [4.78, 5) is 25.4. The van der Waals surface area contributed by atoms with Gasteiger partial charge in [0.15, 0.2) is 0 Å². The third-order valence-corrected chi connectivity index (χ3v) is 4.12. The average Bonchev–Trinajstić information content (AvgIpc) is 2.53. The Morgan fingerprint density at radius 3 is 2.48 bits per heavy atom. The van der Waals surface area contributed by atoms with E-state index in [0.717, 1.165) is 12.8 Å². The van der Waals surface area contributed by atoms with Crippen LogP contribution in [0.4, 0.5) is 5.69 Å². The van der Waals surface area contributed by atoms with Crippen molar-refractivity contribution in [3.63, 3.8) is 0 Å². The number of nitriles is 1. The Morgan fingerprint density at radius 2 is 1.86 bits per heavy atom. The molecule has 0 aliphatic heterocycles. The van der Waals surface area contributed by atoms with Crippen LogP contribution in [0.25, 0.3) is 0 Å². The van der Waals surface area contributed by atoms with E-state index in [2.05, 4.69) is 6.07 Å². The van der Waals surface area contributed by atoms with Crippen LogP contribution in [0.2, 0.25) is 0 Å². The number of carboxylic acid groups (broad SMARTS) is 1. The monoisotopic (exact) mass is 286 g/mol. The van der Waals surface area contributed by atoms with Crippen molar-refractivity contribution in [2.45, 2.75) is 25.7 Å². The van der Waals surface area contributed by atoms with Crippen molar-refractivity contribution in [3.05, 3.63) is 29.8 Å². The Hall–Kier alpha value is -2.35. The Kier molecular flexibility index (Phi) is 4.59. The van der Waals surface area contributed by atoms with E-state index in [0.29, 0.717) is 24.1 Å². The highest BCUT2D eigenvalue weighted by molar-refractivity contribution is 5.97. The second-order valence-corrected chi connectivity index (χ2v) is 5.36. The van der Waals surface area contributed by atoms with Crippen molar-refractivity contribution < 1.29 is 14.7 Å². The molecule has 110 valence electrons. The lowest BCUT2D eigenvalue weighted by Gasteiger charge is -2.31. The van der Waals surface area contributed by atoms with Crippen molar-refractivity contribution in [1.29, 1.82) is 5.26 Å². The number of hydrogen-bond donors (Lipinski definition) is 1. The number of hydrogen-bond acceptors (Lipinski definition) is 3. The van der Waals surface area contributed by atoms with Crippen LogP contribution in [0.15, 0.2) is 24.3 Å². The lowest BCUT2D eigenvalue weighted by Crippen LogP contribution is -2.41. The molecule has 1 aromatic carbocycles. The van der Waals surface area contributed by atoms with Crippen molar-refractivity contribution in [2.75, 3.05) is 11.9 Å². The molecule has 21 heavy (non-hydrogen) atoms. The van der Waals surface area contributed by atoms with Gasteiger partial charge in [0.25, 0.3) is 0 Å². The molecule has 1 amide bonds. The van der Waals surface area contributed by atoms with Crippen LogP contribution in [-0.4, -0.2) is 24.0 Å². The number of benzene rings is 1. The first kappa shape index (κ1) is 15.0. The molecule has 0 aromatic heterocycles. The van der Waals surface area contributed by atoms with E-state index in [1.807, 2.05) is 0 Å². The lowest BCUT2D eigenvalue weighted by molar-refractivity contribution is -0.148. The molecule has 2 rings (SSSR count). The van der Waals surface area contributed by atoms with E-state index < -0.39 is 17.8 Å². The minimum Gasteiger partial charge on any atom is -0.481 e. The zero-order chi connectivity index (χ0) is 15.4. The average molecular weight is 286 g/mol. The Balaban J connectivity index is 2.26. The smallest absolute Gasteiger partial charge is 0.307 e. The van der Waals surface area contributed by atoms with Gasteiger partial charge in [-0.15, -0.1) is 0 Å². The Bertz CT molecular complexity index is 591. The maximum atomic E-state index is 12.6. The van der Waals surface area contributed by atoms with Gasteiger partial charge in [-0.25, -0.2) is 0 Å². The van der Waals surface area contributed by atoms with Crippen LogP contribution in [0, 0.1) is 23.2 Å². The predicted molar refractivity (Wildman–Crippen MR) is 77.7 cm³/mol. The molecule has 0 bridgehead atoms. The van der Waals surface area contributed by atoms with Crippen LogP contribution >= 0.6 is 0 Å². The highest BCUT2D eigenvalue weighted by Gasteiger charge is 2.37. The molecule has 1 N–H and O–H groups in total. The topological polar surface area (TPSA) is 81.4 Å². The van der Waals surface area contributed by atoms with E-state index >= 15 is 0 Å². The molecule has 2 atom stereocenters. The van der Waals surface area contributed by atoms with Gasteiger partial charge in [-0.3, -0.25) is 9.59 Å². The number of rotatable bonds is 3. The molecule has 0 radical (unpaired) electrons. The van der Waals surface area contributed by atoms with Crippen LogP contribution in [0.1, 0.15) is 31.2 Å². The number of anilines is 1. The number of carboxylic acids is 1. The fourth-order valence-electron chi connectivity index (χ4n) is 2.95. The Labute approximate surface area is 123 Å². The molecule has 1 aromatic rings. The van der Waals surface area contributed by atoms with Gasteiger partial charge in [-0.1, -0.05) is 25.0 Å². The minimum absolute atomic E-state index is 0.218. The molecule has 1 aliphatic rings. The second-order valence-electron chi connectivity index (χ2n) is 5.36. The van der Waals surface area contributed by atoms with E-state index in [9.17, 15) is 14.7 Å². The highest BCUT2D eigenvalue weighted by atomic mass is 16.4. The van der Waals surface area contributed by atoms with E-state index in [4.69, 9.17) is 5.26 Å². The summed E-state index contributed by atoms with van der Waals surface area (Å²) in [6, 6.07) is 8.91. The molecule has 1 fully saturated rings. The summed E-state index contributed by atoms with van der Waals surface area (Å²) in [5, 5.41) is 18.4. The number of carbonyl (C=O) groups is 2. The van der Waals surface area contributed by atoms with Gasteiger partial charge in [0.05, 0.1) is 23.1 Å². The SMILES string of the molecule is CN(C(=O)[C@@H]1CCCC[C@@H]1C(=O)O)c1ccccc1C#N. The standard InChI is InChI=1S/C16H18N2O3/c1-18(14-9-5-2-6-11(14)10-17)15(19)12-7-3-4-8-13(12)16(20)21/h2,5-6,9,12-13H,3-4,7-8H2,1H3,(H,20,21)/t12-,13+/m1/s1. The molecular weight excluding hydrogens is 268 g/mol. The number of aliphatic carboxylic acids is 1. The van der Waals surface area contributed by atoms with E-state index in [1.54, 1.807) is 31.3 Å². The molecule has 0 unspecified atom stereocenters. The first-order valence-corrected chi connectivity index (χ1v) is 7.05. The maximum Gasteiger partial charge on any atom is 0.307 e. The maximum absolute atomic E-state index is 12.6. The van der Waals surface area contributed by atoms with Gasteiger partial charge in [0.2, 0.25) is 5.91 Å². The normalized spacial score (nSPS) is 21.3. The van der Waals surface area contributed by atoms with Crippen LogP contribution in [0.5, 0.6) is 0 Å². The third-order valence-electron chi connectivity index (χ3n) is 4.12. The van der Waals surface area contributed by atoms with Crippen molar-refractivity contribution in [1.82, 2.24) is 0 Å². The van der Waals surface area contributed by atoms with Gasteiger partial charge >= 0.3 is 5.97 Å². The second kappa shape index (κ2) is 6.40. The summed E-state index contributed by atoms with van der Waals surface area (Å²) in [6.07, 6.45) is 2.85. The summed E-state index contributed by atoms with van der Waals surface area (Å²) < 4.78 is 0. The van der Waals surface area contributed by atoms with E-state index in [1.165, 1.54) is 4.90 Å². The largest absolute Gasteiger partial charge is 0.481 e. The molecule has 0 saturated heterocycles. The van der Waals surface area contributed by atoms with Gasteiger partial charge in [0, 0.05) is 7.05 Å². The fraction of sp³-hybridized carbons (Fsp3) is 0.438. The Morgan fingerprint density at radius 1 is 1.24 bits per heavy atom. The van der Waals surface area contributed by atoms with Gasteiger partial charge < -0.3 is 10.0 Å². The molecule has 0 spiro atoms. The molecule has 5 heteroatoms. The first-order chi connectivity index (χ1) is 10.1. The number of amides is 1. The number of nitrogens with zero attached hydrogens (tertiary/aromatic N) is 2. The molecular formula is C16H18N2O3. The van der Waals surface area contributed by atoms with E-state index in [-0.39, 0.29) is 5.91 Å². The van der Waals surface area contributed by atoms with Gasteiger partial charge in [-0.05, 0) is 25.0 Å². The highest BCUT2D eigenvalue weighted by Crippen LogP contribution is 2.33. The molecule has 0 heterocycles. The third kappa shape index (κ3) is 3.05. The summed E-state index contributed by atoms with van der Waals surface area (Å²) in [7, 11) is 1.60. The summed E-state index contributed by atoms with van der Waals surface area (Å²) in [6.45, 7) is 0. The van der Waals surface area contributed by atoms with Gasteiger partial charge in [-0.2, -0.15) is 5.26 Å². The number of para-hydroxylation sites is 1.